The first kappa shape index (κ1) is 13.2. The monoisotopic (exact) mass is 280 g/mol. The van der Waals surface area contributed by atoms with Crippen LogP contribution in [0.4, 0.5) is 5.69 Å². The van der Waals surface area contributed by atoms with Gasteiger partial charge >= 0.3 is 0 Å². The Labute approximate surface area is 122 Å². The Bertz CT molecular complexity index is 760. The smallest absolute Gasteiger partial charge is 0.262 e. The molecule has 0 aliphatic rings. The first-order valence-corrected chi connectivity index (χ1v) is 6.77. The van der Waals surface area contributed by atoms with Crippen molar-refractivity contribution < 1.29 is 9.53 Å². The predicted octanol–water partition coefficient (Wildman–Crippen LogP) is 3.49. The van der Waals surface area contributed by atoms with Gasteiger partial charge in [-0.15, -0.1) is 0 Å². The van der Waals surface area contributed by atoms with Crippen LogP contribution in [0.15, 0.2) is 54.7 Å². The summed E-state index contributed by atoms with van der Waals surface area (Å²) in [7, 11) is 0. The number of amides is 1. The van der Waals surface area contributed by atoms with Crippen LogP contribution in [-0.2, 0) is 4.79 Å². The van der Waals surface area contributed by atoms with Crippen LogP contribution in [0.1, 0.15) is 5.56 Å². The van der Waals surface area contributed by atoms with Gasteiger partial charge in [0.05, 0.1) is 0 Å². The molecule has 21 heavy (non-hydrogen) atoms. The predicted molar refractivity (Wildman–Crippen MR) is 83.6 cm³/mol. The number of H-pyrrole nitrogens is 1. The Morgan fingerprint density at radius 3 is 2.76 bits per heavy atom. The molecule has 4 nitrogen and oxygen atoms in total. The van der Waals surface area contributed by atoms with E-state index in [-0.39, 0.29) is 12.5 Å². The van der Waals surface area contributed by atoms with Crippen LogP contribution in [-0.4, -0.2) is 17.5 Å². The lowest BCUT2D eigenvalue weighted by molar-refractivity contribution is -0.118. The summed E-state index contributed by atoms with van der Waals surface area (Å²) in [6.45, 7) is 2.00. The molecule has 0 spiro atoms. The molecule has 4 heteroatoms. The number of fused-ring (bicyclic) bond motifs is 1. The molecular weight excluding hydrogens is 264 g/mol. The van der Waals surface area contributed by atoms with E-state index < -0.39 is 0 Å². The minimum Gasteiger partial charge on any atom is -0.484 e. The van der Waals surface area contributed by atoms with Crippen LogP contribution in [0.25, 0.3) is 10.9 Å². The second-order valence-electron chi connectivity index (χ2n) is 4.93. The molecule has 2 N–H and O–H groups in total. The van der Waals surface area contributed by atoms with Crippen molar-refractivity contribution in [1.82, 2.24) is 4.98 Å². The SMILES string of the molecule is Cc1ccc(NC(=O)COc2ccc3[nH]ccc3c2)cc1. The molecule has 3 rings (SSSR count). The average molecular weight is 280 g/mol. The summed E-state index contributed by atoms with van der Waals surface area (Å²) in [6, 6.07) is 15.3. The fourth-order valence-electron chi connectivity index (χ4n) is 2.10. The second-order valence-corrected chi connectivity index (χ2v) is 4.93. The van der Waals surface area contributed by atoms with E-state index in [2.05, 4.69) is 10.3 Å². The number of hydrogen-bond donors (Lipinski definition) is 2. The number of aryl methyl sites for hydroxylation is 1. The molecule has 0 unspecified atom stereocenters. The van der Waals surface area contributed by atoms with Crippen molar-refractivity contribution >= 4 is 22.5 Å². The van der Waals surface area contributed by atoms with Gasteiger partial charge < -0.3 is 15.0 Å². The molecule has 0 radical (unpaired) electrons. The summed E-state index contributed by atoms with van der Waals surface area (Å²) in [5, 5.41) is 3.86. The van der Waals surface area contributed by atoms with Crippen LogP contribution < -0.4 is 10.1 Å². The van der Waals surface area contributed by atoms with Gasteiger partial charge in [0.2, 0.25) is 0 Å². The van der Waals surface area contributed by atoms with Gasteiger partial charge in [0.25, 0.3) is 5.91 Å². The standard InChI is InChI=1S/C17H16N2O2/c1-12-2-4-14(5-3-12)19-17(20)11-21-15-6-7-16-13(10-15)8-9-18-16/h2-10,18H,11H2,1H3,(H,19,20). The summed E-state index contributed by atoms with van der Waals surface area (Å²) in [6.07, 6.45) is 1.87. The maximum atomic E-state index is 11.8. The highest BCUT2D eigenvalue weighted by molar-refractivity contribution is 5.92. The van der Waals surface area contributed by atoms with Crippen molar-refractivity contribution in [2.75, 3.05) is 11.9 Å². The molecule has 0 aliphatic carbocycles. The van der Waals surface area contributed by atoms with Crippen LogP contribution in [0.3, 0.4) is 0 Å². The molecule has 0 saturated heterocycles. The number of rotatable bonds is 4. The number of aromatic nitrogens is 1. The van der Waals surface area contributed by atoms with E-state index in [0.29, 0.717) is 5.75 Å². The van der Waals surface area contributed by atoms with Gasteiger partial charge in [-0.1, -0.05) is 17.7 Å². The van der Waals surface area contributed by atoms with Gasteiger partial charge in [-0.05, 0) is 43.3 Å². The summed E-state index contributed by atoms with van der Waals surface area (Å²) < 4.78 is 5.52. The number of carbonyl (C=O) groups excluding carboxylic acids is 1. The van der Waals surface area contributed by atoms with E-state index in [1.54, 1.807) is 0 Å². The Morgan fingerprint density at radius 2 is 1.95 bits per heavy atom. The lowest BCUT2D eigenvalue weighted by Crippen LogP contribution is -2.20. The quantitative estimate of drug-likeness (QED) is 0.768. The van der Waals surface area contributed by atoms with Crippen molar-refractivity contribution in [1.29, 1.82) is 0 Å². The summed E-state index contributed by atoms with van der Waals surface area (Å²) in [5.41, 5.74) is 2.98. The third-order valence-electron chi connectivity index (χ3n) is 3.23. The minimum atomic E-state index is -0.173. The first-order chi connectivity index (χ1) is 10.2. The van der Waals surface area contributed by atoms with Crippen molar-refractivity contribution in [3.63, 3.8) is 0 Å². The van der Waals surface area contributed by atoms with E-state index in [4.69, 9.17) is 4.74 Å². The van der Waals surface area contributed by atoms with E-state index in [1.165, 1.54) is 0 Å². The average Bonchev–Trinajstić information content (AvgIpc) is 2.95. The Balaban J connectivity index is 1.58. The number of benzene rings is 2. The number of ether oxygens (including phenoxy) is 1. The maximum absolute atomic E-state index is 11.8. The van der Waals surface area contributed by atoms with Crippen molar-refractivity contribution in [2.24, 2.45) is 0 Å². The molecular formula is C17H16N2O2. The van der Waals surface area contributed by atoms with Crippen LogP contribution in [0.5, 0.6) is 5.75 Å². The highest BCUT2D eigenvalue weighted by Gasteiger charge is 2.04. The third kappa shape index (κ3) is 3.23. The summed E-state index contributed by atoms with van der Waals surface area (Å²) >= 11 is 0. The van der Waals surface area contributed by atoms with Gasteiger partial charge in [0, 0.05) is 22.8 Å². The van der Waals surface area contributed by atoms with E-state index in [1.807, 2.05) is 61.7 Å². The van der Waals surface area contributed by atoms with Crippen molar-refractivity contribution in [2.45, 2.75) is 6.92 Å². The number of hydrogen-bond acceptors (Lipinski definition) is 2. The van der Waals surface area contributed by atoms with Gasteiger partial charge in [0.1, 0.15) is 5.75 Å². The van der Waals surface area contributed by atoms with Crippen molar-refractivity contribution in [3.05, 3.63) is 60.3 Å². The number of aromatic amines is 1. The highest BCUT2D eigenvalue weighted by Crippen LogP contribution is 2.19. The summed E-state index contributed by atoms with van der Waals surface area (Å²) in [5.74, 6) is 0.508. The van der Waals surface area contributed by atoms with Gasteiger partial charge in [0.15, 0.2) is 6.61 Å². The molecule has 0 bridgehead atoms. The Hall–Kier alpha value is -2.75. The molecule has 1 amide bonds. The zero-order valence-corrected chi connectivity index (χ0v) is 11.7. The summed E-state index contributed by atoms with van der Waals surface area (Å²) in [4.78, 5) is 15.0. The van der Waals surface area contributed by atoms with Gasteiger partial charge in [-0.2, -0.15) is 0 Å². The van der Waals surface area contributed by atoms with Crippen LogP contribution in [0.2, 0.25) is 0 Å². The molecule has 0 fully saturated rings. The number of nitrogens with one attached hydrogen (secondary N) is 2. The zero-order valence-electron chi connectivity index (χ0n) is 11.7. The molecule has 106 valence electrons. The van der Waals surface area contributed by atoms with E-state index in [9.17, 15) is 4.79 Å². The number of anilines is 1. The highest BCUT2D eigenvalue weighted by atomic mass is 16.5. The minimum absolute atomic E-state index is 0.0101. The fourth-order valence-corrected chi connectivity index (χ4v) is 2.10. The molecule has 0 saturated carbocycles. The topological polar surface area (TPSA) is 54.1 Å². The van der Waals surface area contributed by atoms with E-state index in [0.717, 1.165) is 22.2 Å². The second kappa shape index (κ2) is 5.71. The largest absolute Gasteiger partial charge is 0.484 e. The Morgan fingerprint density at radius 1 is 1.14 bits per heavy atom. The molecule has 0 aliphatic heterocycles. The molecule has 2 aromatic carbocycles. The molecule has 3 aromatic rings. The maximum Gasteiger partial charge on any atom is 0.262 e. The van der Waals surface area contributed by atoms with E-state index >= 15 is 0 Å². The third-order valence-corrected chi connectivity index (χ3v) is 3.23. The van der Waals surface area contributed by atoms with Gasteiger partial charge in [-0.25, -0.2) is 0 Å². The Kier molecular flexibility index (Phi) is 3.60. The molecule has 0 atom stereocenters. The normalized spacial score (nSPS) is 10.5. The zero-order chi connectivity index (χ0) is 14.7. The fraction of sp³-hybridized carbons (Fsp3) is 0.118. The lowest BCUT2D eigenvalue weighted by Gasteiger charge is -2.08. The molecule has 1 aromatic heterocycles. The van der Waals surface area contributed by atoms with Gasteiger partial charge in [-0.3, -0.25) is 4.79 Å². The molecule has 1 heterocycles. The van der Waals surface area contributed by atoms with Crippen LogP contribution >= 0.6 is 0 Å². The number of carbonyl (C=O) groups is 1. The first-order valence-electron chi connectivity index (χ1n) is 6.77. The van der Waals surface area contributed by atoms with Crippen LogP contribution in [0, 0.1) is 6.92 Å². The lowest BCUT2D eigenvalue weighted by atomic mass is 10.2. The van der Waals surface area contributed by atoms with Crippen molar-refractivity contribution in [3.8, 4) is 5.75 Å².